The van der Waals surface area contributed by atoms with Crippen molar-refractivity contribution < 1.29 is 19.1 Å². The van der Waals surface area contributed by atoms with Crippen LogP contribution in [0.1, 0.15) is 43.5 Å². The van der Waals surface area contributed by atoms with E-state index >= 15 is 0 Å². The number of carbonyl (C=O) groups excluding carboxylic acids is 2. The van der Waals surface area contributed by atoms with E-state index in [1.165, 1.54) is 24.2 Å². The maximum absolute atomic E-state index is 12.4. The Balaban J connectivity index is 1.79. The molecule has 0 aromatic rings. The van der Waals surface area contributed by atoms with Gasteiger partial charge < -0.3 is 9.47 Å². The third-order valence-corrected chi connectivity index (χ3v) is 4.49. The van der Waals surface area contributed by atoms with Gasteiger partial charge in [-0.2, -0.15) is 5.10 Å². The van der Waals surface area contributed by atoms with Gasteiger partial charge in [0.25, 0.3) is 5.56 Å². The number of nitrogens with zero attached hydrogens (tertiary/aromatic N) is 2. The molecule has 3 aliphatic heterocycles. The number of esters is 1. The Kier molecular flexibility index (Phi) is 4.82. The number of methoxy groups -OCH3 is 1. The van der Waals surface area contributed by atoms with E-state index in [1.807, 2.05) is 13.8 Å². The fraction of sp³-hybridized carbons (Fsp3) is 0.529. The van der Waals surface area contributed by atoms with E-state index in [-0.39, 0.29) is 34.2 Å². The Labute approximate surface area is 150 Å². The summed E-state index contributed by atoms with van der Waals surface area (Å²) in [5.41, 5.74) is 2.51. The zero-order chi connectivity index (χ0) is 18.9. The van der Waals surface area contributed by atoms with Crippen LogP contribution in [0.5, 0.6) is 0 Å². The number of pyridine rings is 1. The van der Waals surface area contributed by atoms with Crippen LogP contribution in [0, 0.1) is 5.92 Å². The van der Waals surface area contributed by atoms with Crippen molar-refractivity contribution in [3.8, 4) is 11.3 Å². The molecule has 0 aliphatic carbocycles. The van der Waals surface area contributed by atoms with Gasteiger partial charge in [0.1, 0.15) is 11.3 Å². The number of aromatic nitrogens is 3. The van der Waals surface area contributed by atoms with Crippen molar-refractivity contribution in [3.63, 3.8) is 0 Å². The first-order valence-corrected chi connectivity index (χ1v) is 8.41. The van der Waals surface area contributed by atoms with Crippen molar-refractivity contribution in [1.82, 2.24) is 14.9 Å². The second-order valence-corrected chi connectivity index (χ2v) is 7.09. The van der Waals surface area contributed by atoms with Crippen molar-refractivity contribution in [2.75, 3.05) is 19.1 Å². The van der Waals surface area contributed by atoms with E-state index < -0.39 is 11.5 Å². The Morgan fingerprint density at radius 3 is 2.92 bits per heavy atom. The first-order valence-electron chi connectivity index (χ1n) is 8.41. The maximum Gasteiger partial charge on any atom is 0.341 e. The fourth-order valence-electron chi connectivity index (χ4n) is 3.34. The first-order chi connectivity index (χ1) is 12.3. The van der Waals surface area contributed by atoms with Gasteiger partial charge in [0.2, 0.25) is 5.91 Å². The molecule has 26 heavy (non-hydrogen) atoms. The average Bonchev–Trinajstić information content (AvgIpc) is 2.93. The minimum atomic E-state index is -0.642. The predicted molar refractivity (Wildman–Crippen MR) is 92.5 cm³/mol. The molecule has 9 nitrogen and oxygen atoms in total. The third-order valence-electron chi connectivity index (χ3n) is 4.49. The van der Waals surface area contributed by atoms with E-state index in [2.05, 4.69) is 15.6 Å². The van der Waals surface area contributed by atoms with Crippen LogP contribution >= 0.6 is 0 Å². The van der Waals surface area contributed by atoms with Gasteiger partial charge in [-0.25, -0.2) is 9.89 Å². The molecule has 0 saturated carbocycles. The lowest BCUT2D eigenvalue weighted by molar-refractivity contribution is -0.121. The summed E-state index contributed by atoms with van der Waals surface area (Å²) in [5.74, 6) is -0.632. The monoisotopic (exact) mass is 362 g/mol. The number of nitrogens with one attached hydrogen (secondary N) is 2. The standard InChI is InChI=1S/C17H22N4O5/c1-17(2)7-10(4-5-26-17)6-13(22)20-21-8-11-14(18-19-15(11)23)12(9-21)16(24)25-3/h8-10H,4-7H2,1-3H3,(H,19,23)(H,20,22)/t10-/m0/s1. The normalized spacial score (nSPS) is 19.3. The van der Waals surface area contributed by atoms with Gasteiger partial charge >= 0.3 is 5.97 Å². The van der Waals surface area contributed by atoms with Gasteiger partial charge in [-0.1, -0.05) is 0 Å². The molecule has 1 amide bonds. The Bertz CT molecular complexity index is 853. The number of aromatic amines is 1. The quantitative estimate of drug-likeness (QED) is 0.788. The van der Waals surface area contributed by atoms with E-state index in [4.69, 9.17) is 9.47 Å². The highest BCUT2D eigenvalue weighted by Gasteiger charge is 2.30. The molecule has 3 rings (SSSR count). The molecule has 1 saturated heterocycles. The average molecular weight is 362 g/mol. The zero-order valence-corrected chi connectivity index (χ0v) is 15.0. The zero-order valence-electron chi connectivity index (χ0n) is 15.0. The number of ether oxygens (including phenoxy) is 2. The Hall–Kier alpha value is -2.68. The number of hydrogen-bond acceptors (Lipinski definition) is 6. The second kappa shape index (κ2) is 6.91. The number of carbonyl (C=O) groups is 2. The molecule has 0 spiro atoms. The molecule has 2 N–H and O–H groups in total. The lowest BCUT2D eigenvalue weighted by Crippen LogP contribution is -2.36. The molecule has 0 bridgehead atoms. The van der Waals surface area contributed by atoms with Crippen LogP contribution in [0.4, 0.5) is 0 Å². The van der Waals surface area contributed by atoms with Crippen molar-refractivity contribution in [1.29, 1.82) is 0 Å². The SMILES string of the molecule is COC(=O)c1cn(NC(=O)C[C@@H]2CCOC(C)(C)C2)cc2c(=O)[nH]nc1-2. The number of hydrogen-bond donors (Lipinski definition) is 2. The third kappa shape index (κ3) is 3.77. The smallest absolute Gasteiger partial charge is 0.341 e. The van der Waals surface area contributed by atoms with Gasteiger partial charge in [0, 0.05) is 25.4 Å². The summed E-state index contributed by atoms with van der Waals surface area (Å²) >= 11 is 0. The van der Waals surface area contributed by atoms with Crippen LogP contribution in [-0.2, 0) is 14.3 Å². The summed E-state index contributed by atoms with van der Waals surface area (Å²) in [6.45, 7) is 4.65. The molecule has 1 fully saturated rings. The molecule has 0 unspecified atom stereocenters. The summed E-state index contributed by atoms with van der Waals surface area (Å²) in [6.07, 6.45) is 4.77. The number of fused-ring (bicyclic) bond motifs is 1. The summed E-state index contributed by atoms with van der Waals surface area (Å²) in [7, 11) is 1.24. The molecule has 3 aliphatic rings. The summed E-state index contributed by atoms with van der Waals surface area (Å²) in [4.78, 5) is 36.2. The van der Waals surface area contributed by atoms with Gasteiger partial charge in [-0.15, -0.1) is 0 Å². The molecule has 0 radical (unpaired) electrons. The van der Waals surface area contributed by atoms with E-state index in [0.717, 1.165) is 12.8 Å². The fourth-order valence-corrected chi connectivity index (χ4v) is 3.34. The molecule has 9 heteroatoms. The van der Waals surface area contributed by atoms with Gasteiger partial charge in [-0.05, 0) is 32.6 Å². The predicted octanol–water partition coefficient (Wildman–Crippen LogP) is 1.13. The number of H-pyrrole nitrogens is 1. The molecular formula is C17H22N4O5. The largest absolute Gasteiger partial charge is 0.465 e. The van der Waals surface area contributed by atoms with Crippen LogP contribution < -0.4 is 11.0 Å². The van der Waals surface area contributed by atoms with E-state index in [9.17, 15) is 14.4 Å². The second-order valence-electron chi connectivity index (χ2n) is 7.09. The van der Waals surface area contributed by atoms with Crippen LogP contribution in [0.15, 0.2) is 17.2 Å². The van der Waals surface area contributed by atoms with Crippen LogP contribution in [0.25, 0.3) is 11.3 Å². The molecule has 0 aromatic heterocycles. The highest BCUT2D eigenvalue weighted by molar-refractivity contribution is 5.96. The van der Waals surface area contributed by atoms with Gasteiger partial charge in [0.15, 0.2) is 0 Å². The summed E-state index contributed by atoms with van der Waals surface area (Å²) < 4.78 is 11.7. The van der Waals surface area contributed by atoms with Gasteiger partial charge in [0.05, 0.1) is 18.3 Å². The molecule has 1 atom stereocenters. The minimum Gasteiger partial charge on any atom is -0.465 e. The van der Waals surface area contributed by atoms with E-state index in [0.29, 0.717) is 13.0 Å². The lowest BCUT2D eigenvalue weighted by Gasteiger charge is -2.35. The summed E-state index contributed by atoms with van der Waals surface area (Å²) in [6, 6.07) is 0. The lowest BCUT2D eigenvalue weighted by atomic mass is 9.86. The van der Waals surface area contributed by atoms with Crippen LogP contribution in [-0.4, -0.2) is 46.1 Å². The highest BCUT2D eigenvalue weighted by Crippen LogP contribution is 2.30. The van der Waals surface area contributed by atoms with E-state index in [1.54, 1.807) is 0 Å². The Morgan fingerprint density at radius 1 is 1.46 bits per heavy atom. The highest BCUT2D eigenvalue weighted by atomic mass is 16.5. The number of amides is 1. The topological polar surface area (TPSA) is 115 Å². The summed E-state index contributed by atoms with van der Waals surface area (Å²) in [5, 5.41) is 6.14. The number of rotatable bonds is 4. The van der Waals surface area contributed by atoms with Crippen molar-refractivity contribution in [2.24, 2.45) is 5.92 Å². The Morgan fingerprint density at radius 2 is 2.23 bits per heavy atom. The van der Waals surface area contributed by atoms with Crippen molar-refractivity contribution in [3.05, 3.63) is 28.3 Å². The van der Waals surface area contributed by atoms with Gasteiger partial charge in [-0.3, -0.25) is 19.7 Å². The maximum atomic E-state index is 12.4. The molecule has 140 valence electrons. The first kappa shape index (κ1) is 18.1. The molecule has 3 heterocycles. The van der Waals surface area contributed by atoms with Crippen LogP contribution in [0.3, 0.4) is 0 Å². The minimum absolute atomic E-state index is 0.0934. The van der Waals surface area contributed by atoms with Crippen LogP contribution in [0.2, 0.25) is 0 Å². The molecule has 0 aromatic carbocycles. The molecular weight excluding hydrogens is 340 g/mol. The van der Waals surface area contributed by atoms with Crippen molar-refractivity contribution >= 4 is 11.9 Å². The van der Waals surface area contributed by atoms with Crippen molar-refractivity contribution in [2.45, 2.75) is 38.7 Å².